The van der Waals surface area contributed by atoms with Crippen LogP contribution in [0.4, 0.5) is 0 Å². The minimum atomic E-state index is -0.996. The number of aromatic amines is 1. The number of ketones is 1. The monoisotopic (exact) mass is 723 g/mol. The molecule has 0 bridgehead atoms. The molecule has 276 valence electrons. The van der Waals surface area contributed by atoms with Crippen LogP contribution in [-0.4, -0.2) is 52.6 Å². The number of hydrogen-bond acceptors (Lipinski definition) is 7. The second-order valence-electron chi connectivity index (χ2n) is 14.3. The van der Waals surface area contributed by atoms with Crippen LogP contribution in [0.1, 0.15) is 65.0 Å². The van der Waals surface area contributed by atoms with Gasteiger partial charge >= 0.3 is 0 Å². The van der Waals surface area contributed by atoms with Crippen molar-refractivity contribution in [1.82, 2.24) is 4.98 Å². The number of methoxy groups -OCH3 is 2. The number of aryl methyl sites for hydroxylation is 1. The third kappa shape index (κ3) is 7.39. The lowest BCUT2D eigenvalue weighted by molar-refractivity contribution is -0.125. The molecule has 0 fully saturated rings. The standard InChI is InChI=1S/C46H46N2O6/c1-4-31-10-11-32-7-5-6-8-34(32)44(31)37-13-12-35(36-14-16-40(50)46(54-3)45(36)37)38(23-30-18-20-48-27-30)42(52)25-41(51)33(22-29-17-19-47-26-29)21-28-9-15-39(49)43(24-28)53-2/h5-20,24,26-27,33,35,37-38,42,48,52H,4,21-23,25H2,1-3H3,(H-,49,50)/p+1/t33-,35+,37+,38-,42+/m0/s1. The normalized spacial score (nSPS) is 17.7. The van der Waals surface area contributed by atoms with Gasteiger partial charge in [-0.15, -0.1) is 4.99 Å². The molecule has 0 amide bonds. The lowest BCUT2D eigenvalue weighted by Gasteiger charge is -2.36. The summed E-state index contributed by atoms with van der Waals surface area (Å²) >= 11 is 0. The first-order valence-electron chi connectivity index (χ1n) is 18.6. The molecule has 2 aliphatic rings. The van der Waals surface area contributed by atoms with Gasteiger partial charge in [0.05, 0.1) is 26.4 Å². The number of aromatic nitrogens is 1. The number of Topliss-reactive ketones (excluding diaryl/α,β-unsaturated/α-hetero) is 1. The second-order valence-corrected chi connectivity index (χ2v) is 14.3. The zero-order valence-corrected chi connectivity index (χ0v) is 30.9. The van der Waals surface area contributed by atoms with Gasteiger partial charge in [-0.25, -0.2) is 0 Å². The number of fused-ring (bicyclic) bond motifs is 2. The van der Waals surface area contributed by atoms with Crippen LogP contribution in [0.25, 0.3) is 10.8 Å². The molecule has 1 aliphatic carbocycles. The summed E-state index contributed by atoms with van der Waals surface area (Å²) in [7, 11) is 3.08. The molecule has 0 saturated heterocycles. The van der Waals surface area contributed by atoms with Crippen LogP contribution in [0, 0.1) is 18.4 Å². The first-order valence-corrected chi connectivity index (χ1v) is 18.6. The van der Waals surface area contributed by atoms with E-state index in [1.165, 1.54) is 18.2 Å². The molecular formula is C46H47N2O6+. The number of H-pyrrole nitrogens is 1. The number of benzene rings is 4. The lowest BCUT2D eigenvalue weighted by atomic mass is 9.69. The number of aliphatic hydroxyl groups is 1. The number of aliphatic imine (C=N–C) groups is 1. The van der Waals surface area contributed by atoms with Crippen LogP contribution in [0.15, 0.2) is 114 Å². The predicted molar refractivity (Wildman–Crippen MR) is 213 cm³/mol. The van der Waals surface area contributed by atoms with Gasteiger partial charge in [-0.2, -0.15) is 0 Å². The van der Waals surface area contributed by atoms with Crippen molar-refractivity contribution in [2.75, 3.05) is 14.2 Å². The van der Waals surface area contributed by atoms with Crippen molar-refractivity contribution in [3.05, 3.63) is 149 Å². The van der Waals surface area contributed by atoms with Crippen molar-refractivity contribution >= 4 is 22.8 Å². The molecule has 4 aromatic carbocycles. The van der Waals surface area contributed by atoms with E-state index in [9.17, 15) is 20.1 Å². The zero-order chi connectivity index (χ0) is 37.8. The number of nitrogens with zero attached hydrogens (tertiary/aromatic N) is 1. The van der Waals surface area contributed by atoms with E-state index in [0.717, 1.165) is 45.0 Å². The van der Waals surface area contributed by atoms with Gasteiger partial charge in [0.1, 0.15) is 17.9 Å². The molecule has 5 aromatic rings. The van der Waals surface area contributed by atoms with Crippen LogP contribution >= 0.6 is 0 Å². The van der Waals surface area contributed by atoms with Crippen molar-refractivity contribution in [1.29, 1.82) is 0 Å². The summed E-state index contributed by atoms with van der Waals surface area (Å²) in [5, 5.41) is 36.0. The van der Waals surface area contributed by atoms with Crippen LogP contribution in [0.5, 0.6) is 23.0 Å². The Morgan fingerprint density at radius 2 is 1.74 bits per heavy atom. The molecule has 1 aromatic heterocycles. The van der Waals surface area contributed by atoms with Gasteiger partial charge < -0.3 is 29.8 Å². The van der Waals surface area contributed by atoms with Gasteiger partial charge in [0.15, 0.2) is 29.2 Å². The maximum Gasteiger partial charge on any atom is 0.176 e. The third-order valence-electron chi connectivity index (χ3n) is 11.1. The first-order chi connectivity index (χ1) is 26.3. The number of nitrogens with one attached hydrogen (secondary N) is 1. The average Bonchev–Trinajstić information content (AvgIpc) is 3.91. The van der Waals surface area contributed by atoms with Crippen LogP contribution < -0.4 is 9.47 Å². The number of aliphatic hydroxyl groups excluding tert-OH is 1. The van der Waals surface area contributed by atoms with Crippen molar-refractivity contribution in [2.45, 2.75) is 57.0 Å². The number of aromatic hydroxyl groups is 2. The number of carbonyl (C=O) groups excluding carboxylic acids is 1. The Bertz CT molecular complexity index is 2220. The highest BCUT2D eigenvalue weighted by Crippen LogP contribution is 2.51. The van der Waals surface area contributed by atoms with Crippen molar-refractivity contribution in [3.63, 3.8) is 0 Å². The summed E-state index contributed by atoms with van der Waals surface area (Å²) in [6, 6.07) is 23.5. The number of phenolic OH excluding ortho intramolecular Hbond substituents is 2. The molecule has 0 radical (unpaired) electrons. The quantitative estimate of drug-likeness (QED) is 0.0634. The van der Waals surface area contributed by atoms with Crippen molar-refractivity contribution < 1.29 is 29.6 Å². The third-order valence-corrected chi connectivity index (χ3v) is 11.1. The maximum atomic E-state index is 14.4. The zero-order valence-electron chi connectivity index (χ0n) is 30.9. The number of carbonyl (C=O) groups is 1. The summed E-state index contributed by atoms with van der Waals surface area (Å²) < 4.78 is 11.3. The van der Waals surface area contributed by atoms with Gasteiger partial charge in [-0.3, -0.25) is 4.79 Å². The van der Waals surface area contributed by atoms with Crippen LogP contribution in [0.3, 0.4) is 0 Å². The van der Waals surface area contributed by atoms with E-state index in [-0.39, 0.29) is 41.5 Å². The fourth-order valence-corrected chi connectivity index (χ4v) is 8.43. The van der Waals surface area contributed by atoms with E-state index < -0.39 is 12.0 Å². The van der Waals surface area contributed by atoms with E-state index >= 15 is 0 Å². The topological polar surface area (TPSA) is 124 Å². The summed E-state index contributed by atoms with van der Waals surface area (Å²) in [4.78, 5) is 21.7. The Labute approximate surface area is 316 Å². The van der Waals surface area contributed by atoms with Gasteiger partial charge in [0, 0.05) is 48.6 Å². The predicted octanol–water partition coefficient (Wildman–Crippen LogP) is 8.54. The minimum Gasteiger partial charge on any atom is -0.504 e. The Kier molecular flexibility index (Phi) is 10.9. The molecule has 2 heterocycles. The molecule has 7 rings (SSSR count). The summed E-state index contributed by atoms with van der Waals surface area (Å²) in [6.07, 6.45) is 13.0. The van der Waals surface area contributed by atoms with Crippen LogP contribution in [0.2, 0.25) is 0 Å². The fourth-order valence-electron chi connectivity index (χ4n) is 8.43. The molecule has 0 saturated carbocycles. The lowest BCUT2D eigenvalue weighted by Crippen LogP contribution is -2.34. The van der Waals surface area contributed by atoms with E-state index in [0.29, 0.717) is 30.8 Å². The molecule has 8 nitrogen and oxygen atoms in total. The fraction of sp³-hybridized carbons (Fsp3) is 0.283. The Hall–Kier alpha value is -5.73. The first kappa shape index (κ1) is 36.6. The van der Waals surface area contributed by atoms with Gasteiger partial charge in [-0.1, -0.05) is 67.6 Å². The number of allylic oxidation sites excluding steroid dienone is 3. The highest BCUT2D eigenvalue weighted by atomic mass is 16.5. The van der Waals surface area contributed by atoms with E-state index in [4.69, 9.17) is 9.47 Å². The van der Waals surface area contributed by atoms with Gasteiger partial charge in [0.2, 0.25) is 0 Å². The van der Waals surface area contributed by atoms with E-state index in [2.05, 4.69) is 59.4 Å². The molecular weight excluding hydrogens is 677 g/mol. The maximum absolute atomic E-state index is 14.4. The number of phenols is 2. The Morgan fingerprint density at radius 3 is 2.48 bits per heavy atom. The van der Waals surface area contributed by atoms with E-state index in [1.54, 1.807) is 44.1 Å². The van der Waals surface area contributed by atoms with Gasteiger partial charge in [0.25, 0.3) is 0 Å². The molecule has 0 spiro atoms. The second kappa shape index (κ2) is 16.1. The minimum absolute atomic E-state index is 0.0340. The highest BCUT2D eigenvalue weighted by molar-refractivity contribution is 5.89. The summed E-state index contributed by atoms with van der Waals surface area (Å²) in [6.45, 7) is 3.87. The van der Waals surface area contributed by atoms with E-state index in [1.807, 2.05) is 36.7 Å². The SMILES string of the molecule is CCc1ccc2ccccc2c1[C@H]1C=C[C@@H]([C@H](Cc2cc[nH]c2)[C@H](O)CC(=O)[C@H](CC2=C[CH+]N=C2)Cc2ccc(O)c(OC)c2)c2ccc(O)c(OC)c21. The molecule has 0 unspecified atom stereocenters. The molecule has 4 N–H and O–H groups in total. The average molecular weight is 724 g/mol. The van der Waals surface area contributed by atoms with Crippen molar-refractivity contribution in [3.8, 4) is 23.0 Å². The number of ether oxygens (including phenoxy) is 2. The number of hydrogen-bond donors (Lipinski definition) is 4. The van der Waals surface area contributed by atoms with Gasteiger partial charge in [-0.05, 0) is 88.0 Å². The van der Waals surface area contributed by atoms with Crippen molar-refractivity contribution in [2.24, 2.45) is 16.8 Å². The largest absolute Gasteiger partial charge is 0.504 e. The summed E-state index contributed by atoms with van der Waals surface area (Å²) in [5.74, 6) is -0.534. The van der Waals surface area contributed by atoms with Crippen LogP contribution in [-0.2, 0) is 24.1 Å². The Balaban J connectivity index is 1.27. The molecule has 54 heavy (non-hydrogen) atoms. The Morgan fingerprint density at radius 1 is 0.907 bits per heavy atom. The molecule has 1 aliphatic heterocycles. The number of rotatable bonds is 15. The smallest absolute Gasteiger partial charge is 0.176 e. The molecule has 8 heteroatoms. The molecule has 5 atom stereocenters. The summed E-state index contributed by atoms with van der Waals surface area (Å²) in [5.41, 5.74) is 7.02. The highest BCUT2D eigenvalue weighted by Gasteiger charge is 2.38.